The van der Waals surface area contributed by atoms with Gasteiger partial charge in [-0.3, -0.25) is 15.1 Å². The maximum absolute atomic E-state index is 12.3. The number of fused-ring (bicyclic) bond motifs is 1. The van der Waals surface area contributed by atoms with Crippen molar-refractivity contribution in [1.82, 2.24) is 9.71 Å². The minimum absolute atomic E-state index is 0.0218. The van der Waals surface area contributed by atoms with E-state index in [0.29, 0.717) is 11.9 Å². The molecular weight excluding hydrogens is 350 g/mol. The van der Waals surface area contributed by atoms with E-state index in [-0.39, 0.29) is 22.7 Å². The van der Waals surface area contributed by atoms with Gasteiger partial charge in [-0.2, -0.15) is 0 Å². The SMILES string of the molecule is O=c1[nH]c2ccc(S(=O)(=O)NCCc3ccc([N+](=O)[O-])cc3)cc2o1. The molecule has 2 aromatic carbocycles. The lowest BCUT2D eigenvalue weighted by atomic mass is 10.1. The first kappa shape index (κ1) is 16.9. The number of rotatable bonds is 6. The lowest BCUT2D eigenvalue weighted by molar-refractivity contribution is -0.384. The number of aromatic amines is 1. The Bertz CT molecular complexity index is 1080. The average molecular weight is 363 g/mol. The van der Waals surface area contributed by atoms with Crippen LogP contribution in [-0.4, -0.2) is 24.9 Å². The predicted molar refractivity (Wildman–Crippen MR) is 88.8 cm³/mol. The fourth-order valence-electron chi connectivity index (χ4n) is 2.29. The molecule has 0 saturated carbocycles. The minimum atomic E-state index is -3.77. The normalized spacial score (nSPS) is 11.7. The molecule has 0 saturated heterocycles. The van der Waals surface area contributed by atoms with Crippen molar-refractivity contribution in [2.75, 3.05) is 6.54 Å². The Balaban J connectivity index is 1.68. The summed E-state index contributed by atoms with van der Waals surface area (Å²) >= 11 is 0. The number of H-pyrrole nitrogens is 1. The Hall–Kier alpha value is -2.98. The van der Waals surface area contributed by atoms with Crippen molar-refractivity contribution in [3.05, 3.63) is 68.7 Å². The summed E-state index contributed by atoms with van der Waals surface area (Å²) in [6, 6.07) is 9.96. The first-order valence-corrected chi connectivity index (χ1v) is 8.69. The molecule has 9 nitrogen and oxygen atoms in total. The summed E-state index contributed by atoms with van der Waals surface area (Å²) in [6.07, 6.45) is 0.374. The van der Waals surface area contributed by atoms with Gasteiger partial charge in [-0.25, -0.2) is 17.9 Å². The van der Waals surface area contributed by atoms with Crippen molar-refractivity contribution >= 4 is 26.8 Å². The van der Waals surface area contributed by atoms with Crippen LogP contribution in [0.25, 0.3) is 11.1 Å². The van der Waals surface area contributed by atoms with E-state index >= 15 is 0 Å². The lowest BCUT2D eigenvalue weighted by Gasteiger charge is -2.06. The van der Waals surface area contributed by atoms with Gasteiger partial charge in [-0.1, -0.05) is 12.1 Å². The number of benzene rings is 2. The highest BCUT2D eigenvalue weighted by Gasteiger charge is 2.15. The molecule has 0 atom stereocenters. The summed E-state index contributed by atoms with van der Waals surface area (Å²) in [5.41, 5.74) is 1.31. The second-order valence-electron chi connectivity index (χ2n) is 5.24. The highest BCUT2D eigenvalue weighted by Crippen LogP contribution is 2.17. The van der Waals surface area contributed by atoms with Gasteiger partial charge in [0.15, 0.2) is 5.58 Å². The zero-order chi connectivity index (χ0) is 18.0. The van der Waals surface area contributed by atoms with Crippen LogP contribution in [-0.2, 0) is 16.4 Å². The van der Waals surface area contributed by atoms with Crippen LogP contribution in [0, 0.1) is 10.1 Å². The van der Waals surface area contributed by atoms with E-state index in [1.54, 1.807) is 12.1 Å². The van der Waals surface area contributed by atoms with E-state index in [1.165, 1.54) is 30.3 Å². The van der Waals surface area contributed by atoms with Gasteiger partial charge in [-0.05, 0) is 24.1 Å². The summed E-state index contributed by atoms with van der Waals surface area (Å²) in [6.45, 7) is 0.120. The first-order chi connectivity index (χ1) is 11.8. The smallest absolute Gasteiger partial charge is 0.408 e. The van der Waals surface area contributed by atoms with Gasteiger partial charge in [0.1, 0.15) is 0 Å². The van der Waals surface area contributed by atoms with Gasteiger partial charge in [0.2, 0.25) is 10.0 Å². The molecular formula is C15H13N3O6S. The van der Waals surface area contributed by atoms with Crippen LogP contribution in [0.2, 0.25) is 0 Å². The molecule has 0 aliphatic heterocycles. The van der Waals surface area contributed by atoms with Gasteiger partial charge in [0, 0.05) is 24.7 Å². The second kappa shape index (κ2) is 6.49. The predicted octanol–water partition coefficient (Wildman–Crippen LogP) is 1.55. The highest BCUT2D eigenvalue weighted by atomic mass is 32.2. The largest absolute Gasteiger partial charge is 0.417 e. The summed E-state index contributed by atoms with van der Waals surface area (Å²) in [5.74, 6) is -0.657. The number of non-ortho nitro benzene ring substituents is 1. The highest BCUT2D eigenvalue weighted by molar-refractivity contribution is 7.89. The summed E-state index contributed by atoms with van der Waals surface area (Å²) in [4.78, 5) is 23.6. The molecule has 0 bridgehead atoms. The number of nitrogens with one attached hydrogen (secondary N) is 2. The quantitative estimate of drug-likeness (QED) is 0.504. The second-order valence-corrected chi connectivity index (χ2v) is 7.01. The van der Waals surface area contributed by atoms with Crippen LogP contribution in [0.5, 0.6) is 0 Å². The Morgan fingerprint density at radius 3 is 2.56 bits per heavy atom. The zero-order valence-electron chi connectivity index (χ0n) is 12.8. The van der Waals surface area contributed by atoms with Crippen LogP contribution in [0.15, 0.2) is 56.6 Å². The molecule has 0 aliphatic rings. The molecule has 0 amide bonds. The Morgan fingerprint density at radius 2 is 1.88 bits per heavy atom. The molecule has 0 aliphatic carbocycles. The van der Waals surface area contributed by atoms with Gasteiger partial charge < -0.3 is 4.42 Å². The van der Waals surface area contributed by atoms with Crippen molar-refractivity contribution in [1.29, 1.82) is 0 Å². The zero-order valence-corrected chi connectivity index (χ0v) is 13.6. The van der Waals surface area contributed by atoms with Crippen LogP contribution in [0.3, 0.4) is 0 Å². The maximum atomic E-state index is 12.3. The molecule has 2 N–H and O–H groups in total. The fourth-order valence-corrected chi connectivity index (χ4v) is 3.34. The van der Waals surface area contributed by atoms with Gasteiger partial charge in [0.05, 0.1) is 15.3 Å². The number of nitro groups is 1. The summed E-state index contributed by atoms with van der Waals surface area (Å²) in [7, 11) is -3.77. The fraction of sp³-hybridized carbons (Fsp3) is 0.133. The lowest BCUT2D eigenvalue weighted by Crippen LogP contribution is -2.25. The van der Waals surface area contributed by atoms with Crippen molar-refractivity contribution in [2.45, 2.75) is 11.3 Å². The number of hydrogen-bond acceptors (Lipinski definition) is 6. The number of nitro benzene ring substituents is 1. The van der Waals surface area contributed by atoms with Crippen molar-refractivity contribution in [3.63, 3.8) is 0 Å². The topological polar surface area (TPSA) is 135 Å². The van der Waals surface area contributed by atoms with E-state index in [0.717, 1.165) is 5.56 Å². The molecule has 3 rings (SSSR count). The van der Waals surface area contributed by atoms with Gasteiger partial charge in [0.25, 0.3) is 5.69 Å². The van der Waals surface area contributed by atoms with Crippen LogP contribution in [0.1, 0.15) is 5.56 Å². The van der Waals surface area contributed by atoms with Crippen molar-refractivity contribution in [2.24, 2.45) is 0 Å². The van der Waals surface area contributed by atoms with Crippen LogP contribution >= 0.6 is 0 Å². The Morgan fingerprint density at radius 1 is 1.16 bits per heavy atom. The molecule has 130 valence electrons. The summed E-state index contributed by atoms with van der Waals surface area (Å²) in [5, 5.41) is 10.6. The molecule has 0 spiro atoms. The number of aromatic nitrogens is 1. The van der Waals surface area contributed by atoms with Crippen LogP contribution < -0.4 is 10.5 Å². The Kier molecular flexibility index (Phi) is 4.38. The van der Waals surface area contributed by atoms with Crippen LogP contribution in [0.4, 0.5) is 5.69 Å². The molecule has 3 aromatic rings. The molecule has 1 aromatic heterocycles. The van der Waals surface area contributed by atoms with E-state index in [9.17, 15) is 23.3 Å². The maximum Gasteiger partial charge on any atom is 0.417 e. The van der Waals surface area contributed by atoms with E-state index in [4.69, 9.17) is 4.42 Å². The summed E-state index contributed by atoms with van der Waals surface area (Å²) < 4.78 is 31.9. The van der Waals surface area contributed by atoms with Crippen molar-refractivity contribution < 1.29 is 17.8 Å². The molecule has 0 fully saturated rings. The third-order valence-corrected chi connectivity index (χ3v) is 5.01. The standard InChI is InChI=1S/C15H13N3O6S/c19-15-17-13-6-5-12(9-14(13)24-15)25(22,23)16-8-7-10-1-3-11(4-2-10)18(20)21/h1-6,9,16H,7-8H2,(H,17,19). The third-order valence-electron chi connectivity index (χ3n) is 3.56. The Labute approximate surface area is 141 Å². The van der Waals surface area contributed by atoms with Crippen molar-refractivity contribution in [3.8, 4) is 0 Å². The average Bonchev–Trinajstić information content (AvgIpc) is 2.94. The molecule has 0 radical (unpaired) electrons. The van der Waals surface area contributed by atoms with E-state index in [2.05, 4.69) is 9.71 Å². The van der Waals surface area contributed by atoms with Gasteiger partial charge in [-0.15, -0.1) is 0 Å². The molecule has 10 heteroatoms. The minimum Gasteiger partial charge on any atom is -0.408 e. The van der Waals surface area contributed by atoms with E-state index in [1.807, 2.05) is 0 Å². The third kappa shape index (κ3) is 3.75. The van der Waals surface area contributed by atoms with E-state index < -0.39 is 20.7 Å². The monoisotopic (exact) mass is 363 g/mol. The number of sulfonamides is 1. The molecule has 1 heterocycles. The molecule has 0 unspecified atom stereocenters. The molecule has 25 heavy (non-hydrogen) atoms. The number of oxazole rings is 1. The van der Waals surface area contributed by atoms with Gasteiger partial charge >= 0.3 is 5.76 Å². The first-order valence-electron chi connectivity index (χ1n) is 7.21. The number of nitrogens with zero attached hydrogens (tertiary/aromatic N) is 1. The number of hydrogen-bond donors (Lipinski definition) is 2.